The third kappa shape index (κ3) is 2.70. The number of carbonyl (C=O) groups is 1. The molecule has 0 saturated carbocycles. The van der Waals surface area contributed by atoms with Gasteiger partial charge in [-0.3, -0.25) is 4.98 Å². The summed E-state index contributed by atoms with van der Waals surface area (Å²) < 4.78 is 53.6. The van der Waals surface area contributed by atoms with Crippen molar-refractivity contribution in [3.63, 3.8) is 0 Å². The molecule has 0 radical (unpaired) electrons. The van der Waals surface area contributed by atoms with E-state index in [1.807, 2.05) is 0 Å². The zero-order valence-corrected chi connectivity index (χ0v) is 12.5. The van der Waals surface area contributed by atoms with E-state index in [-0.39, 0.29) is 18.5 Å². The van der Waals surface area contributed by atoms with Crippen LogP contribution in [0.25, 0.3) is 16.6 Å². The zero-order chi connectivity index (χ0) is 18.2. The van der Waals surface area contributed by atoms with Gasteiger partial charge in [0.15, 0.2) is 5.69 Å². The first-order valence-electron chi connectivity index (χ1n) is 7.52. The third-order valence-corrected chi connectivity index (χ3v) is 3.33. The number of hydrogen-bond acceptors (Lipinski definition) is 4. The summed E-state index contributed by atoms with van der Waals surface area (Å²) in [5.74, 6) is -1.09. The minimum Gasteiger partial charge on any atom is -0.462 e. The lowest BCUT2D eigenvalue weighted by molar-refractivity contribution is -0.143. The van der Waals surface area contributed by atoms with Crippen molar-refractivity contribution >= 4 is 16.9 Å². The van der Waals surface area contributed by atoms with Crippen LogP contribution in [0.3, 0.4) is 0 Å². The Morgan fingerprint density at radius 1 is 1.33 bits per heavy atom. The number of halogens is 3. The first-order chi connectivity index (χ1) is 11.8. The minimum absolute atomic E-state index is 0.00614. The molecule has 124 valence electrons. The van der Waals surface area contributed by atoms with Crippen molar-refractivity contribution in [2.24, 2.45) is 0 Å². The summed E-state index contributed by atoms with van der Waals surface area (Å²) in [5, 5.41) is 4.13. The van der Waals surface area contributed by atoms with Gasteiger partial charge in [-0.1, -0.05) is 6.07 Å². The van der Waals surface area contributed by atoms with Crippen molar-refractivity contribution in [2.75, 3.05) is 6.61 Å². The molecular formula is C16H12F3N3O2. The molecule has 0 unspecified atom stereocenters. The second kappa shape index (κ2) is 5.95. The lowest BCUT2D eigenvalue weighted by Gasteiger charge is -2.13. The topological polar surface area (TPSA) is 57.0 Å². The summed E-state index contributed by atoms with van der Waals surface area (Å²) >= 11 is 0. The normalized spacial score (nSPS) is 12.2. The van der Waals surface area contributed by atoms with E-state index in [0.29, 0.717) is 15.6 Å². The van der Waals surface area contributed by atoms with Crippen molar-refractivity contribution in [1.29, 1.82) is 0 Å². The molecule has 0 N–H and O–H groups in total. The molecule has 24 heavy (non-hydrogen) atoms. The predicted molar refractivity (Wildman–Crippen MR) is 79.8 cm³/mol. The number of benzene rings is 1. The van der Waals surface area contributed by atoms with Crippen LogP contribution in [0.1, 0.15) is 24.3 Å². The number of pyridine rings is 1. The van der Waals surface area contributed by atoms with Crippen LogP contribution in [0.2, 0.25) is 0 Å². The number of carbonyl (C=O) groups excluding carboxylic acids is 1. The highest BCUT2D eigenvalue weighted by Gasteiger charge is 2.41. The summed E-state index contributed by atoms with van der Waals surface area (Å²) in [6.45, 7) is 1.45. The second-order valence-electron chi connectivity index (χ2n) is 4.82. The fourth-order valence-electron chi connectivity index (χ4n) is 2.38. The van der Waals surface area contributed by atoms with Gasteiger partial charge in [0, 0.05) is 11.6 Å². The highest BCUT2D eigenvalue weighted by Crippen LogP contribution is 2.35. The number of hydrogen-bond donors (Lipinski definition) is 0. The maximum atomic E-state index is 13.6. The fourth-order valence-corrected chi connectivity index (χ4v) is 2.38. The van der Waals surface area contributed by atoms with Crippen LogP contribution in [-0.4, -0.2) is 27.3 Å². The molecule has 0 aliphatic rings. The quantitative estimate of drug-likeness (QED) is 0.686. The maximum absolute atomic E-state index is 13.6. The van der Waals surface area contributed by atoms with Crippen molar-refractivity contribution in [3.8, 4) is 5.69 Å². The zero-order valence-electron chi connectivity index (χ0n) is 13.5. The van der Waals surface area contributed by atoms with Crippen LogP contribution in [0.15, 0.2) is 42.7 Å². The predicted octanol–water partition coefficient (Wildman–Crippen LogP) is 3.62. The highest BCUT2D eigenvalue weighted by molar-refractivity contribution is 5.92. The molecule has 0 fully saturated rings. The summed E-state index contributed by atoms with van der Waals surface area (Å²) in [6, 6.07) is 7.39. The Balaban J connectivity index is 2.27. The summed E-state index contributed by atoms with van der Waals surface area (Å²) in [6.07, 6.45) is -3.98. The van der Waals surface area contributed by atoms with Crippen molar-refractivity contribution in [1.82, 2.24) is 14.8 Å². The Morgan fingerprint density at radius 3 is 2.83 bits per heavy atom. The second-order valence-corrected chi connectivity index (χ2v) is 4.82. The van der Waals surface area contributed by atoms with Crippen LogP contribution in [0.5, 0.6) is 0 Å². The summed E-state index contributed by atoms with van der Waals surface area (Å²) in [7, 11) is 0. The fraction of sp³-hybridized carbons (Fsp3) is 0.188. The van der Waals surface area contributed by atoms with Gasteiger partial charge in [-0.2, -0.15) is 18.3 Å². The SMILES string of the molecule is [2H]c1ccc2c(-n3ncc(C(=O)OCC)c3C(F)(F)F)cccc2n1. The average Bonchev–Trinajstić information content (AvgIpc) is 2.99. The molecule has 0 saturated heterocycles. The molecule has 8 heteroatoms. The van der Waals surface area contributed by atoms with E-state index < -0.39 is 23.4 Å². The van der Waals surface area contributed by atoms with Gasteiger partial charge in [0.2, 0.25) is 0 Å². The number of nitrogens with zero attached hydrogens (tertiary/aromatic N) is 3. The summed E-state index contributed by atoms with van der Waals surface area (Å²) in [4.78, 5) is 15.8. The van der Waals surface area contributed by atoms with Gasteiger partial charge < -0.3 is 4.74 Å². The largest absolute Gasteiger partial charge is 0.462 e. The number of fused-ring (bicyclic) bond motifs is 1. The molecule has 0 spiro atoms. The van der Waals surface area contributed by atoms with Crippen LogP contribution >= 0.6 is 0 Å². The van der Waals surface area contributed by atoms with E-state index >= 15 is 0 Å². The van der Waals surface area contributed by atoms with E-state index in [1.165, 1.54) is 31.2 Å². The molecule has 2 aromatic heterocycles. The Morgan fingerprint density at radius 2 is 2.12 bits per heavy atom. The number of alkyl halides is 3. The molecular weight excluding hydrogens is 323 g/mol. The Kier molecular flexibility index (Phi) is 3.64. The van der Waals surface area contributed by atoms with Crippen molar-refractivity contribution in [3.05, 3.63) is 54.0 Å². The monoisotopic (exact) mass is 336 g/mol. The smallest absolute Gasteiger partial charge is 0.434 e. The molecule has 5 nitrogen and oxygen atoms in total. The van der Waals surface area contributed by atoms with Gasteiger partial charge in [-0.15, -0.1) is 0 Å². The molecule has 0 amide bonds. The van der Waals surface area contributed by atoms with E-state index in [4.69, 9.17) is 1.37 Å². The van der Waals surface area contributed by atoms with Gasteiger partial charge >= 0.3 is 12.1 Å². The molecule has 0 aliphatic carbocycles. The molecule has 0 bridgehead atoms. The van der Waals surface area contributed by atoms with E-state index in [0.717, 1.165) is 6.20 Å². The standard InChI is InChI=1S/C16H12F3N3O2/c1-2-24-15(23)11-9-21-22(14(11)16(17,18)19)13-7-3-6-12-10(13)5-4-8-20-12/h3-9H,2H2,1H3/i8D. The van der Waals surface area contributed by atoms with E-state index in [2.05, 4.69) is 14.8 Å². The molecule has 2 heterocycles. The highest BCUT2D eigenvalue weighted by atomic mass is 19.4. The average molecular weight is 336 g/mol. The van der Waals surface area contributed by atoms with Crippen molar-refractivity contribution < 1.29 is 24.1 Å². The molecule has 0 atom stereocenters. The van der Waals surface area contributed by atoms with Gasteiger partial charge in [-0.25, -0.2) is 9.48 Å². The molecule has 0 aliphatic heterocycles. The molecule has 3 aromatic rings. The summed E-state index contributed by atoms with van der Waals surface area (Å²) in [5.41, 5.74) is -1.41. The molecule has 1 aromatic carbocycles. The number of rotatable bonds is 3. The van der Waals surface area contributed by atoms with Crippen molar-refractivity contribution in [2.45, 2.75) is 13.1 Å². The van der Waals surface area contributed by atoms with Crippen LogP contribution < -0.4 is 0 Å². The first kappa shape index (κ1) is 14.7. The lowest BCUT2D eigenvalue weighted by atomic mass is 10.1. The minimum atomic E-state index is -4.82. The Bertz CT molecular complexity index is 953. The molecule has 3 rings (SSSR count). The van der Waals surface area contributed by atoms with Crippen LogP contribution in [0, 0.1) is 0 Å². The maximum Gasteiger partial charge on any atom is 0.434 e. The Labute approximate surface area is 136 Å². The number of aromatic nitrogens is 3. The van der Waals surface area contributed by atoms with Gasteiger partial charge in [0.05, 0.1) is 25.4 Å². The first-order valence-corrected chi connectivity index (χ1v) is 7.02. The number of ether oxygens (including phenoxy) is 1. The van der Waals surface area contributed by atoms with Crippen LogP contribution in [0.4, 0.5) is 13.2 Å². The third-order valence-electron chi connectivity index (χ3n) is 3.33. The van der Waals surface area contributed by atoms with E-state index in [9.17, 15) is 18.0 Å². The van der Waals surface area contributed by atoms with E-state index in [1.54, 1.807) is 6.07 Å². The van der Waals surface area contributed by atoms with Gasteiger partial charge in [0.25, 0.3) is 0 Å². The lowest BCUT2D eigenvalue weighted by Crippen LogP contribution is -2.18. The number of esters is 1. The Hall–Kier alpha value is -2.90. The van der Waals surface area contributed by atoms with Gasteiger partial charge in [-0.05, 0) is 31.2 Å². The van der Waals surface area contributed by atoms with Gasteiger partial charge in [0.1, 0.15) is 5.56 Å². The van der Waals surface area contributed by atoms with Crippen LogP contribution in [-0.2, 0) is 10.9 Å².